The van der Waals surface area contributed by atoms with E-state index in [0.717, 1.165) is 40.7 Å². The summed E-state index contributed by atoms with van der Waals surface area (Å²) in [4.78, 5) is 14.2. The predicted octanol–water partition coefficient (Wildman–Crippen LogP) is 6.22. The highest BCUT2D eigenvalue weighted by Gasteiger charge is 2.22. The Morgan fingerprint density at radius 2 is 2.03 bits per heavy atom. The van der Waals surface area contributed by atoms with Gasteiger partial charge < -0.3 is 9.88 Å². The van der Waals surface area contributed by atoms with E-state index in [1.165, 1.54) is 11.1 Å². The van der Waals surface area contributed by atoms with Gasteiger partial charge in [0, 0.05) is 15.9 Å². The van der Waals surface area contributed by atoms with E-state index < -0.39 is 0 Å². The van der Waals surface area contributed by atoms with Gasteiger partial charge >= 0.3 is 0 Å². The second kappa shape index (κ2) is 7.69. The number of carbonyl (C=O) groups is 1. The largest absolute Gasteiger partial charge is 0.348 e. The number of amides is 1. The molecule has 2 aromatic heterocycles. The summed E-state index contributed by atoms with van der Waals surface area (Å²) in [7, 11) is 0. The van der Waals surface area contributed by atoms with Crippen LogP contribution in [0.5, 0.6) is 0 Å². The Bertz CT molecular complexity index is 1180. The third-order valence-electron chi connectivity index (χ3n) is 5.64. The van der Waals surface area contributed by atoms with Crippen LogP contribution < -0.4 is 5.32 Å². The molecule has 1 aliphatic carbocycles. The molecule has 0 saturated carbocycles. The Kier molecular flexibility index (Phi) is 4.90. The molecule has 0 bridgehead atoms. The van der Waals surface area contributed by atoms with Crippen molar-refractivity contribution < 1.29 is 4.79 Å². The van der Waals surface area contributed by atoms with Gasteiger partial charge in [0.05, 0.1) is 16.6 Å². The lowest BCUT2D eigenvalue weighted by Crippen LogP contribution is -2.33. The third-order valence-corrected chi connectivity index (χ3v) is 6.77. The zero-order valence-electron chi connectivity index (χ0n) is 15.9. The first-order chi connectivity index (χ1) is 14.2. The van der Waals surface area contributed by atoms with Crippen molar-refractivity contribution in [3.05, 3.63) is 82.2 Å². The van der Waals surface area contributed by atoms with E-state index in [0.29, 0.717) is 5.02 Å². The molecule has 0 fully saturated rings. The molecule has 4 aromatic rings. The maximum atomic E-state index is 13.1. The summed E-state index contributed by atoms with van der Waals surface area (Å²) in [5.41, 5.74) is 4.69. The van der Waals surface area contributed by atoms with E-state index >= 15 is 0 Å². The fraction of sp³-hybridized carbons (Fsp3) is 0.208. The highest BCUT2D eigenvalue weighted by Crippen LogP contribution is 2.33. The maximum absolute atomic E-state index is 13.1. The SMILES string of the molecule is O=C(Cn1c(-c2cccs2)cc2cc(Cl)ccc21)N[C@H]1CCCc2ccccc21. The molecule has 0 spiro atoms. The van der Waals surface area contributed by atoms with Crippen molar-refractivity contribution in [3.8, 4) is 10.6 Å². The van der Waals surface area contributed by atoms with E-state index in [2.05, 4.69) is 51.7 Å². The lowest BCUT2D eigenvalue weighted by molar-refractivity contribution is -0.122. The average molecular weight is 421 g/mol. The van der Waals surface area contributed by atoms with Crippen molar-refractivity contribution in [1.29, 1.82) is 0 Å². The van der Waals surface area contributed by atoms with Crippen molar-refractivity contribution in [3.63, 3.8) is 0 Å². The first-order valence-corrected chi connectivity index (χ1v) is 11.1. The Morgan fingerprint density at radius 3 is 2.90 bits per heavy atom. The Labute approximate surface area is 178 Å². The predicted molar refractivity (Wildman–Crippen MR) is 121 cm³/mol. The number of benzene rings is 2. The molecule has 0 unspecified atom stereocenters. The summed E-state index contributed by atoms with van der Waals surface area (Å²) in [6.07, 6.45) is 3.18. The number of hydrogen-bond donors (Lipinski definition) is 1. The molecule has 0 radical (unpaired) electrons. The average Bonchev–Trinajstić information content (AvgIpc) is 3.36. The van der Waals surface area contributed by atoms with Gasteiger partial charge in [0.1, 0.15) is 6.54 Å². The van der Waals surface area contributed by atoms with Gasteiger partial charge in [-0.1, -0.05) is 41.9 Å². The van der Waals surface area contributed by atoms with Gasteiger partial charge in [0.25, 0.3) is 0 Å². The van der Waals surface area contributed by atoms with Crippen molar-refractivity contribution in [2.24, 2.45) is 0 Å². The minimum absolute atomic E-state index is 0.0389. The summed E-state index contributed by atoms with van der Waals surface area (Å²) in [5, 5.41) is 7.10. The molecule has 146 valence electrons. The molecule has 0 aliphatic heterocycles. The summed E-state index contributed by atoms with van der Waals surface area (Å²) >= 11 is 7.88. The molecule has 1 aliphatic rings. The standard InChI is InChI=1S/C24H21ClN2OS/c25-18-10-11-21-17(13-18)14-22(23-9-4-12-29-23)27(21)15-24(28)26-20-8-3-6-16-5-1-2-7-19(16)20/h1-2,4-5,7,9-14,20H,3,6,8,15H2,(H,26,28)/t20-/m0/s1. The van der Waals surface area contributed by atoms with Crippen molar-refractivity contribution in [2.45, 2.75) is 31.8 Å². The lowest BCUT2D eigenvalue weighted by atomic mass is 9.88. The quantitative estimate of drug-likeness (QED) is 0.418. The summed E-state index contributed by atoms with van der Waals surface area (Å²) in [6, 6.07) is 20.6. The zero-order valence-corrected chi connectivity index (χ0v) is 17.5. The number of aryl methyl sites for hydroxylation is 1. The Morgan fingerprint density at radius 1 is 1.14 bits per heavy atom. The number of aromatic nitrogens is 1. The molecule has 5 rings (SSSR count). The Balaban J connectivity index is 1.46. The fourth-order valence-electron chi connectivity index (χ4n) is 4.33. The molecular weight excluding hydrogens is 400 g/mol. The van der Waals surface area contributed by atoms with Crippen LogP contribution in [-0.2, 0) is 17.8 Å². The zero-order chi connectivity index (χ0) is 19.8. The van der Waals surface area contributed by atoms with Crippen LogP contribution in [0.2, 0.25) is 5.02 Å². The summed E-state index contributed by atoms with van der Waals surface area (Å²) in [5.74, 6) is 0.0389. The highest BCUT2D eigenvalue weighted by atomic mass is 35.5. The van der Waals surface area contributed by atoms with Gasteiger partial charge in [-0.25, -0.2) is 0 Å². The summed E-state index contributed by atoms with van der Waals surface area (Å²) < 4.78 is 2.10. The molecule has 1 atom stereocenters. The highest BCUT2D eigenvalue weighted by molar-refractivity contribution is 7.13. The van der Waals surface area contributed by atoms with Crippen LogP contribution in [0.3, 0.4) is 0 Å². The van der Waals surface area contributed by atoms with Crippen LogP contribution in [0.15, 0.2) is 66.0 Å². The van der Waals surface area contributed by atoms with Crippen LogP contribution in [0, 0.1) is 0 Å². The number of carbonyl (C=O) groups excluding carboxylic acids is 1. The van der Waals surface area contributed by atoms with Crippen LogP contribution >= 0.6 is 22.9 Å². The first kappa shape index (κ1) is 18.5. The van der Waals surface area contributed by atoms with Crippen LogP contribution in [0.25, 0.3) is 21.5 Å². The normalized spacial score (nSPS) is 16.0. The number of rotatable bonds is 4. The van der Waals surface area contributed by atoms with E-state index in [4.69, 9.17) is 11.6 Å². The Hall–Kier alpha value is -2.56. The second-order valence-electron chi connectivity index (χ2n) is 7.51. The van der Waals surface area contributed by atoms with Gasteiger partial charge in [-0.05, 0) is 66.1 Å². The number of hydrogen-bond acceptors (Lipinski definition) is 2. The van der Waals surface area contributed by atoms with Gasteiger partial charge in [0.2, 0.25) is 5.91 Å². The van der Waals surface area contributed by atoms with Crippen molar-refractivity contribution >= 4 is 39.7 Å². The second-order valence-corrected chi connectivity index (χ2v) is 8.89. The van der Waals surface area contributed by atoms with Crippen molar-refractivity contribution in [2.75, 3.05) is 0 Å². The monoisotopic (exact) mass is 420 g/mol. The minimum atomic E-state index is 0.0389. The number of nitrogens with zero attached hydrogens (tertiary/aromatic N) is 1. The van der Waals surface area contributed by atoms with Gasteiger partial charge in [-0.2, -0.15) is 0 Å². The van der Waals surface area contributed by atoms with Gasteiger partial charge in [-0.15, -0.1) is 11.3 Å². The molecule has 2 aromatic carbocycles. The lowest BCUT2D eigenvalue weighted by Gasteiger charge is -2.26. The van der Waals surface area contributed by atoms with Crippen molar-refractivity contribution in [1.82, 2.24) is 9.88 Å². The van der Waals surface area contributed by atoms with Gasteiger partial charge in [0.15, 0.2) is 0 Å². The van der Waals surface area contributed by atoms with E-state index in [-0.39, 0.29) is 18.5 Å². The number of nitrogens with one attached hydrogen (secondary N) is 1. The smallest absolute Gasteiger partial charge is 0.240 e. The van der Waals surface area contributed by atoms with E-state index in [9.17, 15) is 4.79 Å². The third kappa shape index (κ3) is 3.59. The fourth-order valence-corrected chi connectivity index (χ4v) is 5.26. The van der Waals surface area contributed by atoms with Crippen LogP contribution in [0.1, 0.15) is 30.0 Å². The maximum Gasteiger partial charge on any atom is 0.240 e. The number of halogens is 1. The first-order valence-electron chi connectivity index (χ1n) is 9.89. The number of fused-ring (bicyclic) bond motifs is 2. The van der Waals surface area contributed by atoms with E-state index in [1.54, 1.807) is 11.3 Å². The molecule has 3 nitrogen and oxygen atoms in total. The molecule has 29 heavy (non-hydrogen) atoms. The molecule has 1 amide bonds. The molecule has 2 heterocycles. The van der Waals surface area contributed by atoms with Crippen LogP contribution in [-0.4, -0.2) is 10.5 Å². The molecule has 5 heteroatoms. The number of thiophene rings is 1. The molecule has 1 N–H and O–H groups in total. The van der Waals surface area contributed by atoms with Gasteiger partial charge in [-0.3, -0.25) is 4.79 Å². The molecule has 0 saturated heterocycles. The van der Waals surface area contributed by atoms with E-state index in [1.807, 2.05) is 24.3 Å². The minimum Gasteiger partial charge on any atom is -0.348 e. The summed E-state index contributed by atoms with van der Waals surface area (Å²) in [6.45, 7) is 0.289. The molecular formula is C24H21ClN2OS. The topological polar surface area (TPSA) is 34.0 Å². The van der Waals surface area contributed by atoms with Crippen LogP contribution in [0.4, 0.5) is 0 Å².